The van der Waals surface area contributed by atoms with Gasteiger partial charge in [-0.25, -0.2) is 0 Å². The van der Waals surface area contributed by atoms with Crippen LogP contribution in [0.15, 0.2) is 54.6 Å². The molecule has 0 unspecified atom stereocenters. The van der Waals surface area contributed by atoms with E-state index >= 15 is 0 Å². The predicted molar refractivity (Wildman–Crippen MR) is 90.9 cm³/mol. The molecule has 0 aliphatic carbocycles. The van der Waals surface area contributed by atoms with Gasteiger partial charge in [-0.05, 0) is 30.7 Å². The highest BCUT2D eigenvalue weighted by atomic mass is 19.4. The summed E-state index contributed by atoms with van der Waals surface area (Å²) in [5.74, 6) is -0.299. The molecule has 0 saturated heterocycles. The number of carbonyl (C=O) groups excluding carboxylic acids is 1. The number of nitrogens with one attached hydrogen (secondary N) is 1. The molecule has 3 nitrogen and oxygen atoms in total. The van der Waals surface area contributed by atoms with Crippen molar-refractivity contribution >= 4 is 5.91 Å². The Morgan fingerprint density at radius 2 is 1.68 bits per heavy atom. The lowest BCUT2D eigenvalue weighted by Crippen LogP contribution is -2.36. The molecule has 1 amide bonds. The van der Waals surface area contributed by atoms with E-state index in [9.17, 15) is 18.0 Å². The summed E-state index contributed by atoms with van der Waals surface area (Å²) in [6.07, 6.45) is -3.62. The average molecular weight is 350 g/mol. The van der Waals surface area contributed by atoms with Crippen LogP contribution in [0.4, 0.5) is 13.2 Å². The molecule has 0 saturated carbocycles. The van der Waals surface area contributed by atoms with Crippen molar-refractivity contribution in [3.05, 3.63) is 71.3 Å². The molecule has 0 radical (unpaired) electrons. The molecule has 0 aliphatic heterocycles. The van der Waals surface area contributed by atoms with Crippen molar-refractivity contribution in [1.29, 1.82) is 0 Å². The van der Waals surface area contributed by atoms with Crippen LogP contribution in [0.2, 0.25) is 0 Å². The lowest BCUT2D eigenvalue weighted by Gasteiger charge is -2.17. The number of alkyl halides is 3. The molecule has 2 aromatic carbocycles. The van der Waals surface area contributed by atoms with E-state index in [-0.39, 0.29) is 24.6 Å². The summed E-state index contributed by atoms with van der Waals surface area (Å²) in [5, 5.41) is 2.56. The number of nitrogens with zero attached hydrogens (tertiary/aromatic N) is 1. The highest BCUT2D eigenvalue weighted by molar-refractivity contribution is 5.78. The third kappa shape index (κ3) is 6.23. The molecule has 2 rings (SSSR count). The number of hydrogen-bond donors (Lipinski definition) is 1. The minimum Gasteiger partial charge on any atom is -0.351 e. The summed E-state index contributed by atoms with van der Waals surface area (Å²) >= 11 is 0. The minimum atomic E-state index is -4.42. The van der Waals surface area contributed by atoms with Gasteiger partial charge >= 0.3 is 6.18 Å². The molecule has 1 N–H and O–H groups in total. The van der Waals surface area contributed by atoms with Gasteiger partial charge in [0.15, 0.2) is 0 Å². The smallest absolute Gasteiger partial charge is 0.351 e. The predicted octanol–water partition coefficient (Wildman–Crippen LogP) is 3.50. The van der Waals surface area contributed by atoms with Crippen LogP contribution in [-0.2, 0) is 23.9 Å². The Hall–Kier alpha value is -2.34. The van der Waals surface area contributed by atoms with Gasteiger partial charge < -0.3 is 5.32 Å². The number of amides is 1. The Kier molecular flexibility index (Phi) is 6.58. The molecular formula is C19H21F3N2O. The van der Waals surface area contributed by atoms with Gasteiger partial charge in [0.25, 0.3) is 0 Å². The maximum absolute atomic E-state index is 12.9. The zero-order valence-corrected chi connectivity index (χ0v) is 14.0. The number of rotatable bonds is 7. The summed E-state index contributed by atoms with van der Waals surface area (Å²) in [6, 6.07) is 15.2. The molecule has 0 aliphatic rings. The lowest BCUT2D eigenvalue weighted by atomic mass is 10.1. The molecule has 0 atom stereocenters. The average Bonchev–Trinajstić information content (AvgIpc) is 2.58. The van der Waals surface area contributed by atoms with Crippen molar-refractivity contribution in [2.45, 2.75) is 19.1 Å². The van der Waals surface area contributed by atoms with Gasteiger partial charge in [0.2, 0.25) is 5.91 Å². The van der Waals surface area contributed by atoms with Gasteiger partial charge in [0.05, 0.1) is 12.1 Å². The van der Waals surface area contributed by atoms with Gasteiger partial charge in [-0.2, -0.15) is 13.2 Å². The molecule has 0 bridgehead atoms. The first kappa shape index (κ1) is 19.0. The van der Waals surface area contributed by atoms with E-state index in [0.29, 0.717) is 6.54 Å². The topological polar surface area (TPSA) is 32.3 Å². The quantitative estimate of drug-likeness (QED) is 0.829. The SMILES string of the molecule is CN(CCc1ccccc1)CC(=O)NCc1ccccc1C(F)(F)F. The van der Waals surface area contributed by atoms with Crippen LogP contribution in [0.3, 0.4) is 0 Å². The number of halogens is 3. The van der Waals surface area contributed by atoms with Crippen molar-refractivity contribution in [1.82, 2.24) is 10.2 Å². The zero-order chi connectivity index (χ0) is 18.3. The van der Waals surface area contributed by atoms with Gasteiger partial charge in [-0.1, -0.05) is 48.5 Å². The van der Waals surface area contributed by atoms with Gasteiger partial charge in [-0.15, -0.1) is 0 Å². The van der Waals surface area contributed by atoms with Crippen molar-refractivity contribution in [3.63, 3.8) is 0 Å². The Morgan fingerprint density at radius 3 is 2.36 bits per heavy atom. The van der Waals surface area contributed by atoms with E-state index in [1.54, 1.807) is 0 Å². The summed E-state index contributed by atoms with van der Waals surface area (Å²) in [4.78, 5) is 13.8. The van der Waals surface area contributed by atoms with Crippen molar-refractivity contribution in [3.8, 4) is 0 Å². The van der Waals surface area contributed by atoms with Crippen LogP contribution in [0.1, 0.15) is 16.7 Å². The maximum Gasteiger partial charge on any atom is 0.416 e. The minimum absolute atomic E-state index is 0.0651. The number of likely N-dealkylation sites (N-methyl/N-ethyl adjacent to an activating group) is 1. The maximum atomic E-state index is 12.9. The molecule has 25 heavy (non-hydrogen) atoms. The number of hydrogen-bond acceptors (Lipinski definition) is 2. The Balaban J connectivity index is 1.81. The van der Waals surface area contributed by atoms with E-state index < -0.39 is 11.7 Å². The van der Waals surface area contributed by atoms with Crippen LogP contribution < -0.4 is 5.32 Å². The molecule has 0 fully saturated rings. The largest absolute Gasteiger partial charge is 0.416 e. The Morgan fingerprint density at radius 1 is 1.04 bits per heavy atom. The van der Waals surface area contributed by atoms with Crippen LogP contribution >= 0.6 is 0 Å². The summed E-state index contributed by atoms with van der Waals surface area (Å²) in [7, 11) is 1.81. The monoisotopic (exact) mass is 350 g/mol. The Bertz CT molecular complexity index is 687. The summed E-state index contributed by atoms with van der Waals surface area (Å²) < 4.78 is 38.8. The highest BCUT2D eigenvalue weighted by Gasteiger charge is 2.32. The first-order chi connectivity index (χ1) is 11.9. The second-order valence-corrected chi connectivity index (χ2v) is 5.91. The highest BCUT2D eigenvalue weighted by Crippen LogP contribution is 2.31. The fraction of sp³-hybridized carbons (Fsp3) is 0.316. The van der Waals surface area contributed by atoms with Crippen molar-refractivity contribution in [2.24, 2.45) is 0 Å². The van der Waals surface area contributed by atoms with Crippen LogP contribution in [0, 0.1) is 0 Å². The summed E-state index contributed by atoms with van der Waals surface area (Å²) in [5.41, 5.74) is 0.525. The first-order valence-corrected chi connectivity index (χ1v) is 8.00. The van der Waals surface area contributed by atoms with E-state index in [0.717, 1.165) is 12.5 Å². The molecule has 0 spiro atoms. The van der Waals surface area contributed by atoms with E-state index in [4.69, 9.17) is 0 Å². The molecule has 134 valence electrons. The van der Waals surface area contributed by atoms with Gasteiger partial charge in [-0.3, -0.25) is 9.69 Å². The lowest BCUT2D eigenvalue weighted by molar-refractivity contribution is -0.138. The van der Waals surface area contributed by atoms with Gasteiger partial charge in [0.1, 0.15) is 0 Å². The molecule has 0 heterocycles. The second-order valence-electron chi connectivity index (χ2n) is 5.91. The van der Waals surface area contributed by atoms with Crippen molar-refractivity contribution < 1.29 is 18.0 Å². The van der Waals surface area contributed by atoms with Crippen LogP contribution in [-0.4, -0.2) is 30.9 Å². The summed E-state index contributed by atoms with van der Waals surface area (Å²) in [6.45, 7) is 0.693. The normalized spacial score (nSPS) is 11.6. The standard InChI is InChI=1S/C19H21F3N2O/c1-24(12-11-15-7-3-2-4-8-15)14-18(25)23-13-16-9-5-6-10-17(16)19(20,21)22/h2-10H,11-14H2,1H3,(H,23,25). The molecular weight excluding hydrogens is 329 g/mol. The third-order valence-electron chi connectivity index (χ3n) is 3.84. The second kappa shape index (κ2) is 8.67. The van der Waals surface area contributed by atoms with Crippen LogP contribution in [0.25, 0.3) is 0 Å². The first-order valence-electron chi connectivity index (χ1n) is 8.00. The fourth-order valence-corrected chi connectivity index (χ4v) is 2.49. The number of carbonyl (C=O) groups is 1. The number of benzene rings is 2. The van der Waals surface area contributed by atoms with Gasteiger partial charge in [0, 0.05) is 13.1 Å². The van der Waals surface area contributed by atoms with E-state index in [2.05, 4.69) is 5.32 Å². The third-order valence-corrected chi connectivity index (χ3v) is 3.84. The molecule has 0 aromatic heterocycles. The molecule has 6 heteroatoms. The Labute approximate surface area is 145 Å². The van der Waals surface area contributed by atoms with E-state index in [1.165, 1.54) is 23.8 Å². The van der Waals surface area contributed by atoms with E-state index in [1.807, 2.05) is 42.3 Å². The zero-order valence-electron chi connectivity index (χ0n) is 14.0. The molecule has 2 aromatic rings. The van der Waals surface area contributed by atoms with Crippen molar-refractivity contribution in [2.75, 3.05) is 20.1 Å². The fourth-order valence-electron chi connectivity index (χ4n) is 2.49. The van der Waals surface area contributed by atoms with Crippen LogP contribution in [0.5, 0.6) is 0 Å².